The molecule has 106 valence electrons. The van der Waals surface area contributed by atoms with Gasteiger partial charge < -0.3 is 4.74 Å². The van der Waals surface area contributed by atoms with Crippen LogP contribution in [-0.4, -0.2) is 24.7 Å². The quantitative estimate of drug-likeness (QED) is 0.348. The Bertz CT molecular complexity index is 253. The van der Waals surface area contributed by atoms with Crippen molar-refractivity contribution in [3.8, 4) is 0 Å². The van der Waals surface area contributed by atoms with E-state index in [-0.39, 0.29) is 23.6 Å². The molecule has 0 fully saturated rings. The van der Waals surface area contributed by atoms with Crippen molar-refractivity contribution >= 4 is 23.4 Å². The molecule has 0 aliphatic carbocycles. The predicted molar refractivity (Wildman–Crippen MR) is 73.8 cm³/mol. The van der Waals surface area contributed by atoms with Gasteiger partial charge in [-0.25, -0.2) is 0 Å². The molecule has 2 atom stereocenters. The molecule has 0 radical (unpaired) electrons. The van der Waals surface area contributed by atoms with Gasteiger partial charge in [0.1, 0.15) is 5.78 Å². The maximum Gasteiger partial charge on any atom is 0.308 e. The van der Waals surface area contributed by atoms with Crippen LogP contribution in [0.5, 0.6) is 0 Å². The lowest BCUT2D eigenvalue weighted by atomic mass is 9.91. The van der Waals surface area contributed by atoms with Gasteiger partial charge in [0.05, 0.1) is 13.0 Å². The second-order valence-electron chi connectivity index (χ2n) is 4.88. The first-order valence-electron chi connectivity index (χ1n) is 6.69. The highest BCUT2D eigenvalue weighted by molar-refractivity contribution is 6.17. The lowest BCUT2D eigenvalue weighted by Crippen LogP contribution is -2.20. The van der Waals surface area contributed by atoms with Crippen LogP contribution >= 0.6 is 11.6 Å². The first kappa shape index (κ1) is 17.4. The highest BCUT2D eigenvalue weighted by atomic mass is 35.5. The molecule has 0 rings (SSSR count). The average molecular weight is 277 g/mol. The maximum absolute atomic E-state index is 11.8. The molecule has 3 nitrogen and oxygen atoms in total. The lowest BCUT2D eigenvalue weighted by molar-refractivity contribution is -0.145. The largest absolute Gasteiger partial charge is 0.469 e. The molecule has 0 saturated carbocycles. The molecule has 0 spiro atoms. The summed E-state index contributed by atoms with van der Waals surface area (Å²) in [5.74, 6) is 0.437. The van der Waals surface area contributed by atoms with Gasteiger partial charge in [0.15, 0.2) is 0 Å². The summed E-state index contributed by atoms with van der Waals surface area (Å²) in [5, 5.41) is 0. The number of ether oxygens (including phenoxy) is 1. The van der Waals surface area contributed by atoms with Gasteiger partial charge in [0.2, 0.25) is 0 Å². The third-order valence-electron chi connectivity index (χ3n) is 3.17. The lowest BCUT2D eigenvalue weighted by Gasteiger charge is -2.14. The molecule has 0 N–H and O–H groups in total. The van der Waals surface area contributed by atoms with Gasteiger partial charge in [-0.05, 0) is 19.3 Å². The van der Waals surface area contributed by atoms with Gasteiger partial charge in [-0.3, -0.25) is 9.59 Å². The minimum absolute atomic E-state index is 0.0628. The van der Waals surface area contributed by atoms with Crippen LogP contribution in [0, 0.1) is 11.8 Å². The fourth-order valence-corrected chi connectivity index (χ4v) is 2.14. The van der Waals surface area contributed by atoms with Crippen LogP contribution in [0.25, 0.3) is 0 Å². The van der Waals surface area contributed by atoms with Gasteiger partial charge in [-0.1, -0.05) is 26.7 Å². The number of alkyl halides is 1. The Labute approximate surface area is 115 Å². The first-order chi connectivity index (χ1) is 8.52. The summed E-state index contributed by atoms with van der Waals surface area (Å²) in [6.45, 7) is 3.69. The predicted octanol–water partition coefficient (Wildman–Crippen LogP) is 3.58. The molecule has 18 heavy (non-hydrogen) atoms. The summed E-state index contributed by atoms with van der Waals surface area (Å²) < 4.78 is 4.66. The average Bonchev–Trinajstić information content (AvgIpc) is 2.36. The van der Waals surface area contributed by atoms with Crippen molar-refractivity contribution in [2.45, 2.75) is 52.4 Å². The Morgan fingerprint density at radius 1 is 1.06 bits per heavy atom. The molecule has 0 heterocycles. The summed E-state index contributed by atoms with van der Waals surface area (Å²) in [7, 11) is 1.38. The number of rotatable bonds is 10. The van der Waals surface area contributed by atoms with Crippen molar-refractivity contribution in [1.82, 2.24) is 0 Å². The molecule has 4 heteroatoms. The molecular weight excluding hydrogens is 252 g/mol. The summed E-state index contributed by atoms with van der Waals surface area (Å²) in [6, 6.07) is 0. The van der Waals surface area contributed by atoms with E-state index < -0.39 is 0 Å². The van der Waals surface area contributed by atoms with Crippen LogP contribution in [0.3, 0.4) is 0 Å². The van der Waals surface area contributed by atoms with Crippen molar-refractivity contribution < 1.29 is 14.3 Å². The number of esters is 1. The minimum atomic E-state index is -0.239. The van der Waals surface area contributed by atoms with E-state index in [0.29, 0.717) is 18.7 Å². The summed E-state index contributed by atoms with van der Waals surface area (Å²) in [4.78, 5) is 23.1. The number of methoxy groups -OCH3 is 1. The van der Waals surface area contributed by atoms with Crippen molar-refractivity contribution in [2.75, 3.05) is 13.0 Å². The fourth-order valence-electron chi connectivity index (χ4n) is 1.95. The Morgan fingerprint density at radius 3 is 2.22 bits per heavy atom. The molecule has 0 aliphatic rings. The van der Waals surface area contributed by atoms with E-state index in [4.69, 9.17) is 11.6 Å². The van der Waals surface area contributed by atoms with E-state index in [0.717, 1.165) is 25.7 Å². The van der Waals surface area contributed by atoms with Crippen LogP contribution in [0.2, 0.25) is 0 Å². The number of unbranched alkanes of at least 4 members (excludes halogenated alkanes) is 3. The third kappa shape index (κ3) is 7.70. The first-order valence-corrected chi connectivity index (χ1v) is 7.22. The second-order valence-corrected chi connectivity index (χ2v) is 5.26. The van der Waals surface area contributed by atoms with E-state index in [1.54, 1.807) is 6.92 Å². The van der Waals surface area contributed by atoms with Crippen LogP contribution < -0.4 is 0 Å². The summed E-state index contributed by atoms with van der Waals surface area (Å²) in [6.07, 6.45) is 5.27. The number of halogens is 1. The Hall–Kier alpha value is -0.570. The Balaban J connectivity index is 3.79. The van der Waals surface area contributed by atoms with E-state index in [1.165, 1.54) is 7.11 Å². The monoisotopic (exact) mass is 276 g/mol. The Morgan fingerprint density at radius 2 is 1.67 bits per heavy atom. The van der Waals surface area contributed by atoms with Gasteiger partial charge >= 0.3 is 5.97 Å². The van der Waals surface area contributed by atoms with Crippen LogP contribution in [0.4, 0.5) is 0 Å². The maximum atomic E-state index is 11.8. The number of Topliss-reactive ketones (excluding diaryl/α,β-unsaturated/α-hetero) is 1. The second kappa shape index (κ2) is 10.4. The molecule has 0 aromatic heterocycles. The molecule has 0 saturated heterocycles. The molecule has 0 aromatic carbocycles. The number of carbonyl (C=O) groups is 2. The van der Waals surface area contributed by atoms with E-state index in [9.17, 15) is 9.59 Å². The zero-order valence-electron chi connectivity index (χ0n) is 11.7. The van der Waals surface area contributed by atoms with Gasteiger partial charge in [0.25, 0.3) is 0 Å². The minimum Gasteiger partial charge on any atom is -0.469 e. The highest BCUT2D eigenvalue weighted by Gasteiger charge is 2.20. The van der Waals surface area contributed by atoms with Crippen LogP contribution in [0.15, 0.2) is 0 Å². The normalized spacial score (nSPS) is 14.0. The van der Waals surface area contributed by atoms with Gasteiger partial charge in [0, 0.05) is 18.2 Å². The number of ketones is 1. The molecule has 0 amide bonds. The molecule has 0 bridgehead atoms. The molecule has 0 unspecified atom stereocenters. The topological polar surface area (TPSA) is 43.4 Å². The van der Waals surface area contributed by atoms with Crippen LogP contribution in [0.1, 0.15) is 52.4 Å². The number of hydrogen-bond donors (Lipinski definition) is 0. The molecular formula is C14H25ClO3. The van der Waals surface area contributed by atoms with Crippen molar-refractivity contribution in [2.24, 2.45) is 11.8 Å². The summed E-state index contributed by atoms with van der Waals surface area (Å²) in [5.41, 5.74) is 0. The number of carbonyl (C=O) groups excluding carboxylic acids is 2. The fraction of sp³-hybridized carbons (Fsp3) is 0.857. The van der Waals surface area contributed by atoms with Gasteiger partial charge in [-0.15, -0.1) is 11.6 Å². The zero-order valence-corrected chi connectivity index (χ0v) is 12.5. The SMILES string of the molecule is COC(=O)[C@H](C)C[C@H](C)C(=O)CCCCCCCl. The molecule has 0 aliphatic heterocycles. The standard InChI is InChI=1S/C14H25ClO3/c1-11(10-12(2)14(17)18-3)13(16)8-6-4-5-7-9-15/h11-12H,4-10H2,1-3H3/t11-,12+/m0/s1. The van der Waals surface area contributed by atoms with E-state index in [1.807, 2.05) is 6.92 Å². The zero-order chi connectivity index (χ0) is 14.0. The van der Waals surface area contributed by atoms with Crippen molar-refractivity contribution in [3.05, 3.63) is 0 Å². The van der Waals surface area contributed by atoms with Crippen LogP contribution in [-0.2, 0) is 14.3 Å². The highest BCUT2D eigenvalue weighted by Crippen LogP contribution is 2.17. The smallest absolute Gasteiger partial charge is 0.308 e. The molecule has 0 aromatic rings. The number of hydrogen-bond acceptors (Lipinski definition) is 3. The van der Waals surface area contributed by atoms with Crippen molar-refractivity contribution in [3.63, 3.8) is 0 Å². The summed E-state index contributed by atoms with van der Waals surface area (Å²) >= 11 is 5.58. The van der Waals surface area contributed by atoms with E-state index in [2.05, 4.69) is 4.74 Å². The van der Waals surface area contributed by atoms with Gasteiger partial charge in [-0.2, -0.15) is 0 Å². The third-order valence-corrected chi connectivity index (χ3v) is 3.43. The Kier molecular flexibility index (Phi) is 10.0. The van der Waals surface area contributed by atoms with E-state index >= 15 is 0 Å². The van der Waals surface area contributed by atoms with Crippen molar-refractivity contribution in [1.29, 1.82) is 0 Å².